The van der Waals surface area contributed by atoms with E-state index in [1.54, 1.807) is 0 Å². The fraction of sp³-hybridized carbons (Fsp3) is 0.565. The number of nitrogens with zero attached hydrogens (tertiary/aromatic N) is 1. The predicted molar refractivity (Wildman–Crippen MR) is 109 cm³/mol. The number of carbonyl (C=O) groups is 2. The van der Waals surface area contributed by atoms with E-state index in [1.165, 1.54) is 5.56 Å². The Morgan fingerprint density at radius 2 is 2.04 bits per heavy atom. The van der Waals surface area contributed by atoms with E-state index in [0.29, 0.717) is 6.47 Å². The fourth-order valence-electron chi connectivity index (χ4n) is 4.56. The largest absolute Gasteiger partial charge is 0.461 e. The molecule has 0 saturated heterocycles. The minimum absolute atomic E-state index is 0.180. The van der Waals surface area contributed by atoms with Crippen LogP contribution in [0.4, 0.5) is 10.5 Å². The maximum atomic E-state index is 13.3. The van der Waals surface area contributed by atoms with Crippen molar-refractivity contribution < 1.29 is 19.1 Å². The van der Waals surface area contributed by atoms with Crippen LogP contribution in [0, 0.1) is 5.92 Å². The van der Waals surface area contributed by atoms with Gasteiger partial charge in [-0.25, -0.2) is 4.79 Å². The summed E-state index contributed by atoms with van der Waals surface area (Å²) in [6.07, 6.45) is 8.46. The summed E-state index contributed by atoms with van der Waals surface area (Å²) < 4.78 is 10.8. The van der Waals surface area contributed by atoms with Crippen molar-refractivity contribution in [1.82, 2.24) is 0 Å². The van der Waals surface area contributed by atoms with Crippen LogP contribution in [0.2, 0.25) is 0 Å². The van der Waals surface area contributed by atoms with Crippen molar-refractivity contribution in [2.75, 3.05) is 4.90 Å². The summed E-state index contributed by atoms with van der Waals surface area (Å²) >= 11 is 0. The maximum Gasteiger partial charge on any atom is 0.415 e. The maximum absolute atomic E-state index is 13.3. The van der Waals surface area contributed by atoms with Crippen molar-refractivity contribution in [3.8, 4) is 0 Å². The predicted octanol–water partition coefficient (Wildman–Crippen LogP) is 5.03. The van der Waals surface area contributed by atoms with Gasteiger partial charge in [0.2, 0.25) is 0 Å². The van der Waals surface area contributed by atoms with Gasteiger partial charge >= 0.3 is 6.09 Å². The molecule has 0 aromatic heterocycles. The summed E-state index contributed by atoms with van der Waals surface area (Å²) in [5.74, 6) is 0.180. The molecule has 5 heteroatoms. The Labute approximate surface area is 167 Å². The highest BCUT2D eigenvalue weighted by atomic mass is 16.6. The second kappa shape index (κ2) is 7.98. The third-order valence-electron chi connectivity index (χ3n) is 5.70. The van der Waals surface area contributed by atoms with Gasteiger partial charge in [-0.15, -0.1) is 0 Å². The van der Waals surface area contributed by atoms with Crippen molar-refractivity contribution in [2.45, 2.75) is 77.0 Å². The van der Waals surface area contributed by atoms with Crippen LogP contribution in [0.3, 0.4) is 0 Å². The first-order valence-corrected chi connectivity index (χ1v) is 10.2. The van der Waals surface area contributed by atoms with Gasteiger partial charge in [-0.05, 0) is 64.7 Å². The second-order valence-electron chi connectivity index (χ2n) is 8.90. The number of amides is 1. The van der Waals surface area contributed by atoms with Crippen LogP contribution in [0.5, 0.6) is 0 Å². The van der Waals surface area contributed by atoms with Crippen molar-refractivity contribution in [2.24, 2.45) is 5.92 Å². The SMILES string of the molecule is CC(/C=C/[C@@H]1CCCC[C@]12Cc1ccccc1N2C(=O)OC(C)(C)C)OC=O. The summed E-state index contributed by atoms with van der Waals surface area (Å²) in [7, 11) is 0. The fourth-order valence-corrected chi connectivity index (χ4v) is 4.56. The lowest BCUT2D eigenvalue weighted by atomic mass is 9.70. The number of para-hydroxylation sites is 1. The molecule has 0 radical (unpaired) electrons. The number of hydrogen-bond acceptors (Lipinski definition) is 4. The van der Waals surface area contributed by atoms with E-state index in [9.17, 15) is 9.59 Å². The summed E-state index contributed by atoms with van der Waals surface area (Å²) in [6, 6.07) is 8.12. The molecular weight excluding hydrogens is 354 g/mol. The van der Waals surface area contributed by atoms with E-state index in [-0.39, 0.29) is 23.7 Å². The third-order valence-corrected chi connectivity index (χ3v) is 5.70. The van der Waals surface area contributed by atoms with Crippen LogP contribution < -0.4 is 4.90 Å². The lowest BCUT2D eigenvalue weighted by molar-refractivity contribution is -0.130. The highest BCUT2D eigenvalue weighted by Gasteiger charge is 2.52. The van der Waals surface area contributed by atoms with E-state index < -0.39 is 5.60 Å². The van der Waals surface area contributed by atoms with E-state index >= 15 is 0 Å². The van der Waals surface area contributed by atoms with Gasteiger partial charge in [0, 0.05) is 5.92 Å². The zero-order valence-corrected chi connectivity index (χ0v) is 17.3. The van der Waals surface area contributed by atoms with E-state index in [4.69, 9.17) is 9.47 Å². The summed E-state index contributed by atoms with van der Waals surface area (Å²) in [6.45, 7) is 8.02. The Kier molecular flexibility index (Phi) is 5.82. The standard InChI is InChI=1S/C23H31NO4/c1-17(27-16-25)12-13-19-10-7-8-14-23(19)15-18-9-5-6-11-20(18)24(23)21(26)28-22(2,3)4/h5-6,9,11-13,16-17,19H,7-8,10,14-15H2,1-4H3/b13-12+/t17?,19-,23-/m0/s1. The number of rotatable bonds is 4. The third kappa shape index (κ3) is 4.08. The molecular formula is C23H31NO4. The first kappa shape index (κ1) is 20.4. The van der Waals surface area contributed by atoms with Gasteiger partial charge in [-0.2, -0.15) is 0 Å². The van der Waals surface area contributed by atoms with Crippen LogP contribution in [-0.2, 0) is 20.7 Å². The zero-order valence-electron chi connectivity index (χ0n) is 17.3. The number of fused-ring (bicyclic) bond motifs is 1. The molecule has 0 N–H and O–H groups in total. The molecule has 0 bridgehead atoms. The quantitative estimate of drug-likeness (QED) is 0.539. The van der Waals surface area contributed by atoms with Crippen molar-refractivity contribution in [3.05, 3.63) is 42.0 Å². The number of ether oxygens (including phenoxy) is 2. The molecule has 1 amide bonds. The minimum Gasteiger partial charge on any atom is -0.461 e. The molecule has 5 nitrogen and oxygen atoms in total. The molecule has 1 aromatic rings. The molecule has 2 aliphatic rings. The van der Waals surface area contributed by atoms with Crippen LogP contribution in [0.25, 0.3) is 0 Å². The first-order chi connectivity index (χ1) is 13.3. The average Bonchev–Trinajstić information content (AvgIpc) is 2.94. The Bertz CT molecular complexity index is 751. The van der Waals surface area contributed by atoms with E-state index in [0.717, 1.165) is 37.8 Å². The lowest BCUT2D eigenvalue weighted by Gasteiger charge is -2.46. The van der Waals surface area contributed by atoms with E-state index in [1.807, 2.05) is 56.9 Å². The summed E-state index contributed by atoms with van der Waals surface area (Å²) in [5.41, 5.74) is 1.25. The highest BCUT2D eigenvalue weighted by molar-refractivity contribution is 5.93. The monoisotopic (exact) mass is 385 g/mol. The number of benzene rings is 1. The van der Waals surface area contributed by atoms with Gasteiger partial charge in [-0.3, -0.25) is 9.69 Å². The highest BCUT2D eigenvalue weighted by Crippen LogP contribution is 2.50. The number of anilines is 1. The van der Waals surface area contributed by atoms with Crippen molar-refractivity contribution in [1.29, 1.82) is 0 Å². The Morgan fingerprint density at radius 3 is 2.75 bits per heavy atom. The van der Waals surface area contributed by atoms with E-state index in [2.05, 4.69) is 12.1 Å². The molecule has 152 valence electrons. The van der Waals surface area contributed by atoms with Crippen LogP contribution >= 0.6 is 0 Å². The second-order valence-corrected chi connectivity index (χ2v) is 8.90. The van der Waals surface area contributed by atoms with Crippen LogP contribution in [0.1, 0.15) is 58.9 Å². The van der Waals surface area contributed by atoms with Crippen LogP contribution in [0.15, 0.2) is 36.4 Å². The zero-order chi connectivity index (χ0) is 20.4. The summed E-state index contributed by atoms with van der Waals surface area (Å²) in [5, 5.41) is 0. The molecule has 1 spiro atoms. The number of carbonyl (C=O) groups excluding carboxylic acids is 2. The smallest absolute Gasteiger partial charge is 0.415 e. The molecule has 1 saturated carbocycles. The molecule has 28 heavy (non-hydrogen) atoms. The minimum atomic E-state index is -0.553. The van der Waals surface area contributed by atoms with Gasteiger partial charge < -0.3 is 9.47 Å². The van der Waals surface area contributed by atoms with Crippen LogP contribution in [-0.4, -0.2) is 29.8 Å². The first-order valence-electron chi connectivity index (χ1n) is 10.2. The summed E-state index contributed by atoms with van der Waals surface area (Å²) in [4.78, 5) is 25.8. The molecule has 3 atom stereocenters. The van der Waals surface area contributed by atoms with Crippen molar-refractivity contribution >= 4 is 18.3 Å². The molecule has 1 fully saturated rings. The Morgan fingerprint density at radius 1 is 1.29 bits per heavy atom. The normalized spacial score (nSPS) is 25.6. The Balaban J connectivity index is 1.99. The molecule has 1 heterocycles. The van der Waals surface area contributed by atoms with Gasteiger partial charge in [0.15, 0.2) is 0 Å². The van der Waals surface area contributed by atoms with Gasteiger partial charge in [0.1, 0.15) is 11.7 Å². The van der Waals surface area contributed by atoms with Gasteiger partial charge in [0.05, 0.1) is 11.2 Å². The topological polar surface area (TPSA) is 55.8 Å². The van der Waals surface area contributed by atoms with Gasteiger partial charge in [-0.1, -0.05) is 37.1 Å². The molecule has 3 rings (SSSR count). The van der Waals surface area contributed by atoms with Crippen molar-refractivity contribution in [3.63, 3.8) is 0 Å². The average molecular weight is 386 g/mol. The molecule has 1 unspecified atom stereocenters. The Hall–Kier alpha value is -2.30. The van der Waals surface area contributed by atoms with Gasteiger partial charge in [0.25, 0.3) is 6.47 Å². The molecule has 1 aliphatic heterocycles. The number of hydrogen-bond donors (Lipinski definition) is 0. The molecule has 1 aliphatic carbocycles. The molecule has 1 aromatic carbocycles. The lowest BCUT2D eigenvalue weighted by Crippen LogP contribution is -2.57.